The van der Waals surface area contributed by atoms with E-state index < -0.39 is 0 Å². The molecule has 2 N–H and O–H groups in total. The molecule has 0 aliphatic carbocycles. The van der Waals surface area contributed by atoms with E-state index in [1.807, 2.05) is 4.90 Å². The Kier molecular flexibility index (Phi) is 6.65. The highest BCUT2D eigenvalue weighted by Gasteiger charge is 2.32. The highest BCUT2D eigenvalue weighted by Crippen LogP contribution is 2.21. The summed E-state index contributed by atoms with van der Waals surface area (Å²) in [5, 5.41) is 0. The summed E-state index contributed by atoms with van der Waals surface area (Å²) in [7, 11) is 0. The Morgan fingerprint density at radius 3 is 2.50 bits per heavy atom. The Morgan fingerprint density at radius 1 is 1.39 bits per heavy atom. The Hall–Kier alpha value is -0.610. The second-order valence-electron chi connectivity index (χ2n) is 5.30. The maximum Gasteiger partial charge on any atom is 0.226 e. The number of amides is 1. The van der Waals surface area contributed by atoms with Crippen molar-refractivity contribution in [3.63, 3.8) is 0 Å². The molecule has 4 heteroatoms. The molecule has 106 valence electrons. The molecular formula is C14H28N2O2. The quantitative estimate of drug-likeness (QED) is 0.788. The molecule has 1 heterocycles. The average Bonchev–Trinajstić information content (AvgIpc) is 2.38. The van der Waals surface area contributed by atoms with Crippen LogP contribution in [0.5, 0.6) is 0 Å². The normalized spacial score (nSPS) is 24.6. The standard InChI is InChI=1S/C14H28N2O2/c1-4-6-12(7-5-2)14(17)16-9-13(8-15)18-10-11(16)3/h11-13H,4-10,15H2,1-3H3. The lowest BCUT2D eigenvalue weighted by molar-refractivity contribution is -0.148. The Balaban J connectivity index is 2.65. The van der Waals surface area contributed by atoms with Gasteiger partial charge in [-0.25, -0.2) is 0 Å². The molecule has 1 rings (SSSR count). The summed E-state index contributed by atoms with van der Waals surface area (Å²) in [6.07, 6.45) is 4.12. The van der Waals surface area contributed by atoms with E-state index in [0.29, 0.717) is 25.6 Å². The molecule has 18 heavy (non-hydrogen) atoms. The van der Waals surface area contributed by atoms with Gasteiger partial charge in [0.1, 0.15) is 0 Å². The smallest absolute Gasteiger partial charge is 0.226 e. The summed E-state index contributed by atoms with van der Waals surface area (Å²) in [5.74, 6) is 0.479. The predicted octanol–water partition coefficient (Wildman–Crippen LogP) is 1.78. The molecule has 1 amide bonds. The topological polar surface area (TPSA) is 55.6 Å². The maximum atomic E-state index is 12.6. The van der Waals surface area contributed by atoms with Gasteiger partial charge in [0.2, 0.25) is 5.91 Å². The van der Waals surface area contributed by atoms with Crippen molar-refractivity contribution in [2.75, 3.05) is 19.7 Å². The van der Waals surface area contributed by atoms with Crippen molar-refractivity contribution in [3.8, 4) is 0 Å². The molecule has 1 saturated heterocycles. The number of carbonyl (C=O) groups excluding carboxylic acids is 1. The van der Waals surface area contributed by atoms with Gasteiger partial charge in [0, 0.05) is 19.0 Å². The van der Waals surface area contributed by atoms with Crippen LogP contribution in [0.3, 0.4) is 0 Å². The molecule has 0 bridgehead atoms. The van der Waals surface area contributed by atoms with Crippen LogP contribution in [0.1, 0.15) is 46.5 Å². The number of ether oxygens (including phenoxy) is 1. The van der Waals surface area contributed by atoms with Crippen molar-refractivity contribution in [2.24, 2.45) is 11.7 Å². The van der Waals surface area contributed by atoms with Crippen LogP contribution in [0, 0.1) is 5.92 Å². The van der Waals surface area contributed by atoms with Crippen molar-refractivity contribution in [3.05, 3.63) is 0 Å². The number of hydrogen-bond donors (Lipinski definition) is 1. The highest BCUT2D eigenvalue weighted by atomic mass is 16.5. The lowest BCUT2D eigenvalue weighted by atomic mass is 9.95. The van der Waals surface area contributed by atoms with E-state index in [4.69, 9.17) is 10.5 Å². The van der Waals surface area contributed by atoms with Crippen LogP contribution in [0.2, 0.25) is 0 Å². The minimum Gasteiger partial charge on any atom is -0.373 e. The first-order valence-electron chi connectivity index (χ1n) is 7.26. The number of nitrogens with zero attached hydrogens (tertiary/aromatic N) is 1. The van der Waals surface area contributed by atoms with E-state index >= 15 is 0 Å². The van der Waals surface area contributed by atoms with Crippen LogP contribution in [0.4, 0.5) is 0 Å². The van der Waals surface area contributed by atoms with E-state index in [1.165, 1.54) is 0 Å². The van der Waals surface area contributed by atoms with Crippen molar-refractivity contribution in [1.29, 1.82) is 0 Å². The Morgan fingerprint density at radius 2 is 2.00 bits per heavy atom. The van der Waals surface area contributed by atoms with Gasteiger partial charge in [-0.1, -0.05) is 26.7 Å². The molecule has 4 nitrogen and oxygen atoms in total. The largest absolute Gasteiger partial charge is 0.373 e. The summed E-state index contributed by atoms with van der Waals surface area (Å²) in [6, 6.07) is 0.177. The first kappa shape index (κ1) is 15.4. The van der Waals surface area contributed by atoms with Gasteiger partial charge in [0.05, 0.1) is 18.8 Å². The molecule has 0 aromatic carbocycles. The van der Waals surface area contributed by atoms with Gasteiger partial charge in [-0.15, -0.1) is 0 Å². The third-order valence-electron chi connectivity index (χ3n) is 3.68. The molecule has 2 atom stereocenters. The third-order valence-corrected chi connectivity index (χ3v) is 3.68. The van der Waals surface area contributed by atoms with Crippen LogP contribution in [-0.4, -0.2) is 42.6 Å². The number of morpholine rings is 1. The van der Waals surface area contributed by atoms with Crippen LogP contribution >= 0.6 is 0 Å². The molecule has 0 saturated carbocycles. The molecular weight excluding hydrogens is 228 g/mol. The molecule has 1 aliphatic heterocycles. The van der Waals surface area contributed by atoms with E-state index in [2.05, 4.69) is 20.8 Å². The van der Waals surface area contributed by atoms with Gasteiger partial charge in [-0.05, 0) is 19.8 Å². The third kappa shape index (κ3) is 3.95. The van der Waals surface area contributed by atoms with E-state index in [-0.39, 0.29) is 18.1 Å². The Bertz CT molecular complexity index is 252. The molecule has 0 aromatic rings. The fourth-order valence-corrected chi connectivity index (χ4v) is 2.59. The number of nitrogens with two attached hydrogens (primary N) is 1. The second-order valence-corrected chi connectivity index (χ2v) is 5.30. The minimum atomic E-state index is 0.00838. The first-order chi connectivity index (χ1) is 8.63. The maximum absolute atomic E-state index is 12.6. The fraction of sp³-hybridized carbons (Fsp3) is 0.929. The number of hydrogen-bond acceptors (Lipinski definition) is 3. The van der Waals surface area contributed by atoms with Crippen molar-refractivity contribution < 1.29 is 9.53 Å². The summed E-state index contributed by atoms with van der Waals surface area (Å²) in [6.45, 7) is 8.09. The number of rotatable bonds is 6. The monoisotopic (exact) mass is 256 g/mol. The van der Waals surface area contributed by atoms with Crippen molar-refractivity contribution in [2.45, 2.75) is 58.6 Å². The lowest BCUT2D eigenvalue weighted by Crippen LogP contribution is -2.54. The summed E-state index contributed by atoms with van der Waals surface area (Å²) < 4.78 is 5.60. The fourth-order valence-electron chi connectivity index (χ4n) is 2.59. The van der Waals surface area contributed by atoms with Gasteiger partial charge >= 0.3 is 0 Å². The summed E-state index contributed by atoms with van der Waals surface area (Å²) in [5.41, 5.74) is 5.64. The van der Waals surface area contributed by atoms with Crippen LogP contribution in [0.15, 0.2) is 0 Å². The Labute approximate surface area is 111 Å². The zero-order valence-electron chi connectivity index (χ0n) is 12.0. The second kappa shape index (κ2) is 7.74. The van der Waals surface area contributed by atoms with Gasteiger partial charge in [-0.2, -0.15) is 0 Å². The number of carbonyl (C=O) groups is 1. The van der Waals surface area contributed by atoms with Gasteiger partial charge < -0.3 is 15.4 Å². The zero-order chi connectivity index (χ0) is 13.5. The van der Waals surface area contributed by atoms with E-state index in [0.717, 1.165) is 25.7 Å². The van der Waals surface area contributed by atoms with Gasteiger partial charge in [0.15, 0.2) is 0 Å². The van der Waals surface area contributed by atoms with Crippen LogP contribution in [0.25, 0.3) is 0 Å². The first-order valence-corrected chi connectivity index (χ1v) is 7.26. The molecule has 2 unspecified atom stereocenters. The summed E-state index contributed by atoms with van der Waals surface area (Å²) in [4.78, 5) is 14.6. The van der Waals surface area contributed by atoms with Crippen molar-refractivity contribution in [1.82, 2.24) is 4.90 Å². The minimum absolute atomic E-state index is 0.00838. The van der Waals surface area contributed by atoms with Gasteiger partial charge in [-0.3, -0.25) is 4.79 Å². The molecule has 0 radical (unpaired) electrons. The summed E-state index contributed by atoms with van der Waals surface area (Å²) >= 11 is 0. The van der Waals surface area contributed by atoms with Crippen LogP contribution in [-0.2, 0) is 9.53 Å². The average molecular weight is 256 g/mol. The van der Waals surface area contributed by atoms with Crippen LogP contribution < -0.4 is 5.73 Å². The van der Waals surface area contributed by atoms with E-state index in [1.54, 1.807) is 0 Å². The zero-order valence-corrected chi connectivity index (χ0v) is 12.0. The molecule has 1 fully saturated rings. The highest BCUT2D eigenvalue weighted by molar-refractivity contribution is 5.79. The molecule has 0 aromatic heterocycles. The van der Waals surface area contributed by atoms with E-state index in [9.17, 15) is 4.79 Å². The van der Waals surface area contributed by atoms with Crippen molar-refractivity contribution >= 4 is 5.91 Å². The lowest BCUT2D eigenvalue weighted by Gasteiger charge is -2.39. The SMILES string of the molecule is CCCC(CCC)C(=O)N1CC(CN)OCC1C. The molecule has 0 spiro atoms. The molecule has 1 aliphatic rings. The predicted molar refractivity (Wildman–Crippen MR) is 73.3 cm³/mol. The van der Waals surface area contributed by atoms with Gasteiger partial charge in [0.25, 0.3) is 0 Å².